The van der Waals surface area contributed by atoms with E-state index < -0.39 is 0 Å². The third kappa shape index (κ3) is 4.80. The van der Waals surface area contributed by atoms with Gasteiger partial charge < -0.3 is 15.0 Å². The number of likely N-dealkylation sites (tertiary alicyclic amines) is 1. The van der Waals surface area contributed by atoms with E-state index in [1.54, 1.807) is 7.11 Å². The molecule has 1 aliphatic rings. The van der Waals surface area contributed by atoms with Crippen LogP contribution in [0, 0.1) is 6.92 Å². The second-order valence-electron chi connectivity index (χ2n) is 9.00. The molecular formula is C25H32N8O. The maximum atomic E-state index is 5.23. The molecule has 1 saturated heterocycles. The van der Waals surface area contributed by atoms with E-state index in [1.165, 1.54) is 5.56 Å². The zero-order valence-corrected chi connectivity index (χ0v) is 20.1. The number of aryl methyl sites for hydroxylation is 2. The van der Waals surface area contributed by atoms with Gasteiger partial charge in [0.05, 0.1) is 23.7 Å². The lowest BCUT2D eigenvalue weighted by molar-refractivity contribution is 0.132. The van der Waals surface area contributed by atoms with E-state index in [1.807, 2.05) is 35.4 Å². The SMILES string of the molecule is COCCN1CCC(Nc2cc(-c3cn(C)nc3Cc3ccccc3)nn3c(C)nnc23)CC1. The van der Waals surface area contributed by atoms with E-state index in [-0.39, 0.29) is 0 Å². The van der Waals surface area contributed by atoms with E-state index in [0.717, 1.165) is 79.6 Å². The number of nitrogens with one attached hydrogen (secondary N) is 1. The van der Waals surface area contributed by atoms with Gasteiger partial charge in [0.15, 0.2) is 5.82 Å². The number of rotatable bonds is 8. The first-order chi connectivity index (χ1) is 16.6. The summed E-state index contributed by atoms with van der Waals surface area (Å²) in [5.41, 5.74) is 5.85. The lowest BCUT2D eigenvalue weighted by atomic mass is 10.0. The van der Waals surface area contributed by atoms with Crippen LogP contribution >= 0.6 is 0 Å². The second-order valence-corrected chi connectivity index (χ2v) is 9.00. The molecule has 3 aromatic heterocycles. The van der Waals surface area contributed by atoms with Crippen molar-refractivity contribution in [3.63, 3.8) is 0 Å². The first kappa shape index (κ1) is 22.5. The van der Waals surface area contributed by atoms with Crippen LogP contribution in [0.3, 0.4) is 0 Å². The highest BCUT2D eigenvalue weighted by atomic mass is 16.5. The summed E-state index contributed by atoms with van der Waals surface area (Å²) in [5, 5.41) is 22.1. The van der Waals surface area contributed by atoms with E-state index >= 15 is 0 Å². The van der Waals surface area contributed by atoms with Crippen LogP contribution in [-0.2, 0) is 18.2 Å². The highest BCUT2D eigenvalue weighted by Crippen LogP contribution is 2.28. The van der Waals surface area contributed by atoms with Gasteiger partial charge in [0, 0.05) is 58.0 Å². The smallest absolute Gasteiger partial charge is 0.200 e. The third-order valence-electron chi connectivity index (χ3n) is 6.48. The number of hydrogen-bond acceptors (Lipinski definition) is 7. The molecule has 0 unspecified atom stereocenters. The third-order valence-corrected chi connectivity index (χ3v) is 6.48. The van der Waals surface area contributed by atoms with Gasteiger partial charge in [-0.1, -0.05) is 30.3 Å². The van der Waals surface area contributed by atoms with Gasteiger partial charge in [-0.15, -0.1) is 10.2 Å². The molecule has 0 bridgehead atoms. The van der Waals surface area contributed by atoms with Gasteiger partial charge in [-0.3, -0.25) is 4.68 Å². The molecule has 4 heterocycles. The zero-order valence-electron chi connectivity index (χ0n) is 20.1. The number of piperidine rings is 1. The Labute approximate surface area is 199 Å². The Morgan fingerprint density at radius 1 is 1.09 bits per heavy atom. The van der Waals surface area contributed by atoms with E-state index in [9.17, 15) is 0 Å². The highest BCUT2D eigenvalue weighted by molar-refractivity contribution is 5.74. The fourth-order valence-electron chi connectivity index (χ4n) is 4.63. The van der Waals surface area contributed by atoms with Crippen LogP contribution in [0.2, 0.25) is 0 Å². The standard InChI is InChI=1S/C25H32N8O/c1-18-27-28-25-24(26-20-9-11-32(12-10-20)13-14-34-3)16-23(30-33(18)25)21-17-31(2)29-22(21)15-19-7-5-4-6-8-19/h4-8,16-17,20,26H,9-15H2,1-3H3. The van der Waals surface area contributed by atoms with Gasteiger partial charge in [-0.05, 0) is 31.4 Å². The van der Waals surface area contributed by atoms with Gasteiger partial charge in [-0.25, -0.2) is 0 Å². The summed E-state index contributed by atoms with van der Waals surface area (Å²) in [6.07, 6.45) is 4.95. The maximum absolute atomic E-state index is 5.23. The summed E-state index contributed by atoms with van der Waals surface area (Å²) in [4.78, 5) is 2.46. The normalized spacial score (nSPS) is 15.3. The van der Waals surface area contributed by atoms with E-state index in [0.29, 0.717) is 6.04 Å². The van der Waals surface area contributed by atoms with Crippen LogP contribution in [0.25, 0.3) is 16.9 Å². The van der Waals surface area contributed by atoms with Gasteiger partial charge in [0.25, 0.3) is 0 Å². The molecule has 4 aromatic rings. The van der Waals surface area contributed by atoms with E-state index in [2.05, 4.69) is 50.7 Å². The van der Waals surface area contributed by atoms with Crippen molar-refractivity contribution in [2.45, 2.75) is 32.2 Å². The van der Waals surface area contributed by atoms with Crippen molar-refractivity contribution >= 4 is 11.3 Å². The zero-order chi connectivity index (χ0) is 23.5. The number of benzene rings is 1. The molecule has 34 heavy (non-hydrogen) atoms. The van der Waals surface area contributed by atoms with Gasteiger partial charge in [0.2, 0.25) is 5.65 Å². The topological polar surface area (TPSA) is 85.4 Å². The summed E-state index contributed by atoms with van der Waals surface area (Å²) in [7, 11) is 3.71. The summed E-state index contributed by atoms with van der Waals surface area (Å²) in [6, 6.07) is 12.9. The van der Waals surface area contributed by atoms with Crippen molar-refractivity contribution in [2.75, 3.05) is 38.7 Å². The lowest BCUT2D eigenvalue weighted by Gasteiger charge is -2.32. The Morgan fingerprint density at radius 3 is 2.65 bits per heavy atom. The molecule has 0 spiro atoms. The quantitative estimate of drug-likeness (QED) is 0.433. The van der Waals surface area contributed by atoms with Gasteiger partial charge in [0.1, 0.15) is 0 Å². The maximum Gasteiger partial charge on any atom is 0.200 e. The molecular weight excluding hydrogens is 428 g/mol. The highest BCUT2D eigenvalue weighted by Gasteiger charge is 2.22. The number of nitrogens with zero attached hydrogens (tertiary/aromatic N) is 7. The van der Waals surface area contributed by atoms with Crippen molar-refractivity contribution in [1.82, 2.24) is 34.5 Å². The Kier molecular flexibility index (Phi) is 6.55. The molecule has 0 radical (unpaired) electrons. The van der Waals surface area contributed by atoms with Crippen LogP contribution in [0.5, 0.6) is 0 Å². The first-order valence-electron chi connectivity index (χ1n) is 11.9. The van der Waals surface area contributed by atoms with Crippen molar-refractivity contribution in [1.29, 1.82) is 0 Å². The molecule has 9 heteroatoms. The fourth-order valence-corrected chi connectivity index (χ4v) is 4.63. The molecule has 1 fully saturated rings. The Balaban J connectivity index is 1.44. The molecule has 1 N–H and O–H groups in total. The predicted octanol–water partition coefficient (Wildman–Crippen LogP) is 2.95. The summed E-state index contributed by atoms with van der Waals surface area (Å²) in [6.45, 7) is 5.82. The summed E-state index contributed by atoms with van der Waals surface area (Å²) < 4.78 is 8.93. The number of methoxy groups -OCH3 is 1. The van der Waals surface area contributed by atoms with E-state index in [4.69, 9.17) is 14.9 Å². The minimum absolute atomic E-state index is 0.382. The van der Waals surface area contributed by atoms with Crippen molar-refractivity contribution in [3.8, 4) is 11.3 Å². The Hall–Kier alpha value is -3.30. The van der Waals surface area contributed by atoms with Crippen molar-refractivity contribution in [3.05, 3.63) is 59.7 Å². The Morgan fingerprint density at radius 2 is 1.88 bits per heavy atom. The number of aromatic nitrogens is 6. The molecule has 9 nitrogen and oxygen atoms in total. The number of ether oxygens (including phenoxy) is 1. The molecule has 1 aromatic carbocycles. The van der Waals surface area contributed by atoms with Crippen molar-refractivity contribution < 1.29 is 4.74 Å². The molecule has 0 atom stereocenters. The van der Waals surface area contributed by atoms with Gasteiger partial charge >= 0.3 is 0 Å². The molecule has 0 amide bonds. The van der Waals surface area contributed by atoms with Gasteiger partial charge in [-0.2, -0.15) is 14.7 Å². The Bertz CT molecular complexity index is 1240. The minimum atomic E-state index is 0.382. The minimum Gasteiger partial charge on any atom is -0.383 e. The molecule has 5 rings (SSSR count). The fraction of sp³-hybridized carbons (Fsp3) is 0.440. The molecule has 178 valence electrons. The number of fused-ring (bicyclic) bond motifs is 1. The van der Waals surface area contributed by atoms with Crippen LogP contribution < -0.4 is 5.32 Å². The summed E-state index contributed by atoms with van der Waals surface area (Å²) in [5.74, 6) is 0.766. The first-order valence-corrected chi connectivity index (χ1v) is 11.9. The largest absolute Gasteiger partial charge is 0.383 e. The van der Waals surface area contributed by atoms with Crippen LogP contribution in [0.4, 0.5) is 5.69 Å². The van der Waals surface area contributed by atoms with Crippen LogP contribution in [0.15, 0.2) is 42.6 Å². The number of anilines is 1. The predicted molar refractivity (Wildman–Crippen MR) is 132 cm³/mol. The van der Waals surface area contributed by atoms with Crippen LogP contribution in [0.1, 0.15) is 29.9 Å². The monoisotopic (exact) mass is 460 g/mol. The average molecular weight is 461 g/mol. The number of hydrogen-bond donors (Lipinski definition) is 1. The average Bonchev–Trinajstić information content (AvgIpc) is 3.41. The van der Waals surface area contributed by atoms with Crippen molar-refractivity contribution in [2.24, 2.45) is 7.05 Å². The summed E-state index contributed by atoms with van der Waals surface area (Å²) >= 11 is 0. The van der Waals surface area contributed by atoms with Crippen LogP contribution in [-0.4, -0.2) is 73.9 Å². The lowest BCUT2D eigenvalue weighted by Crippen LogP contribution is -2.40. The molecule has 0 saturated carbocycles. The second kappa shape index (κ2) is 9.90. The molecule has 0 aliphatic carbocycles. The molecule has 1 aliphatic heterocycles.